The number of hydrogen-bond acceptors (Lipinski definition) is 7. The molecule has 0 atom stereocenters. The molecule has 2 aromatic heterocycles. The number of pyridine rings is 2. The Bertz CT molecular complexity index is 1510. The predicted molar refractivity (Wildman–Crippen MR) is 183 cm³/mol. The van der Waals surface area contributed by atoms with Gasteiger partial charge in [0.15, 0.2) is 37.9 Å². The molecule has 6 rings (SSSR count). The third kappa shape index (κ3) is 8.36. The normalized spacial score (nSPS) is 15.7. The van der Waals surface area contributed by atoms with Crippen molar-refractivity contribution >= 4 is 47.1 Å². The van der Waals surface area contributed by atoms with E-state index in [0.29, 0.717) is 39.6 Å². The summed E-state index contributed by atoms with van der Waals surface area (Å²) in [5, 5.41) is 2.47. The molecule has 0 unspecified atom stereocenters. The second kappa shape index (κ2) is 15.6. The Morgan fingerprint density at radius 3 is 1.31 bits per heavy atom. The Morgan fingerprint density at radius 1 is 0.533 bits per heavy atom. The molecule has 0 spiro atoms. The van der Waals surface area contributed by atoms with Crippen molar-refractivity contribution in [3.63, 3.8) is 0 Å². The van der Waals surface area contributed by atoms with Crippen molar-refractivity contribution in [1.29, 1.82) is 0 Å². The van der Waals surface area contributed by atoms with Crippen molar-refractivity contribution in [3.8, 4) is 0 Å². The quantitative estimate of drug-likeness (QED) is 0.122. The summed E-state index contributed by atoms with van der Waals surface area (Å²) in [6.07, 6.45) is 12.9. The average molecular weight is 641 g/mol. The summed E-state index contributed by atoms with van der Waals surface area (Å²) in [4.78, 5) is 7.09. The van der Waals surface area contributed by atoms with Crippen molar-refractivity contribution in [1.82, 2.24) is 0 Å². The van der Waals surface area contributed by atoms with E-state index >= 15 is 0 Å². The molecule has 2 aromatic carbocycles. The van der Waals surface area contributed by atoms with Gasteiger partial charge < -0.3 is 24.0 Å². The fourth-order valence-electron chi connectivity index (χ4n) is 5.09. The molecule has 0 saturated heterocycles. The van der Waals surface area contributed by atoms with Gasteiger partial charge in [-0.2, -0.15) is 0 Å². The van der Waals surface area contributed by atoms with Crippen molar-refractivity contribution in [3.05, 3.63) is 119 Å². The fourth-order valence-corrected chi connectivity index (χ4v) is 7.31. The van der Waals surface area contributed by atoms with Crippen LogP contribution in [0.5, 0.6) is 0 Å². The highest BCUT2D eigenvalue weighted by Crippen LogP contribution is 2.46. The maximum Gasteiger partial charge on any atom is 0.171 e. The zero-order valence-corrected chi connectivity index (χ0v) is 27.5. The van der Waals surface area contributed by atoms with E-state index in [1.54, 1.807) is 0 Å². The van der Waals surface area contributed by atoms with Gasteiger partial charge >= 0.3 is 0 Å². The molecule has 45 heavy (non-hydrogen) atoms. The van der Waals surface area contributed by atoms with Gasteiger partial charge in [0.2, 0.25) is 0 Å². The lowest BCUT2D eigenvalue weighted by atomic mass is 10.2. The van der Waals surface area contributed by atoms with Crippen LogP contribution in [0.15, 0.2) is 117 Å². The Balaban J connectivity index is 0.795. The Hall–Kier alpha value is -3.60. The monoisotopic (exact) mass is 640 g/mol. The van der Waals surface area contributed by atoms with Crippen molar-refractivity contribution < 1.29 is 23.3 Å². The summed E-state index contributed by atoms with van der Waals surface area (Å²) in [6, 6.07) is 25.6. The van der Waals surface area contributed by atoms with E-state index in [1.165, 1.54) is 42.4 Å². The summed E-state index contributed by atoms with van der Waals surface area (Å²) in [6.45, 7) is 5.20. The van der Waals surface area contributed by atoms with Crippen LogP contribution in [0, 0.1) is 0 Å². The second-order valence-electron chi connectivity index (χ2n) is 10.8. The van der Waals surface area contributed by atoms with E-state index in [-0.39, 0.29) is 0 Å². The number of rotatable bonds is 14. The van der Waals surface area contributed by atoms with Crippen molar-refractivity contribution in [2.45, 2.75) is 22.9 Å². The first-order valence-electron chi connectivity index (χ1n) is 15.3. The first-order chi connectivity index (χ1) is 22.1. The largest absolute Gasteiger partial charge is 0.377 e. The first kappa shape index (κ1) is 31.4. The highest BCUT2D eigenvalue weighted by atomic mass is 32.2. The molecular weight excluding hydrogens is 601 g/mol. The summed E-state index contributed by atoms with van der Waals surface area (Å²) >= 11 is 3.62. The maximum atomic E-state index is 5.76. The SMILES string of the molecule is CN1C(=Cc2cc[n+](CCOCCOCCOCC[n+]3ccc(C=C4Sc5ccccc5N4C)cc3)cc2)Sc2ccccc21. The van der Waals surface area contributed by atoms with Gasteiger partial charge in [-0.05, 0) is 47.5 Å². The Labute approximate surface area is 274 Å². The van der Waals surface area contributed by atoms with Gasteiger partial charge in [0.25, 0.3) is 0 Å². The third-order valence-corrected chi connectivity index (χ3v) is 10.0. The molecule has 0 aliphatic carbocycles. The molecule has 0 bridgehead atoms. The van der Waals surface area contributed by atoms with Gasteiger partial charge in [0.1, 0.15) is 13.2 Å². The molecule has 0 amide bonds. The molecule has 4 heterocycles. The van der Waals surface area contributed by atoms with Crippen LogP contribution in [0.1, 0.15) is 11.1 Å². The van der Waals surface area contributed by atoms with Crippen LogP contribution in [0.3, 0.4) is 0 Å². The predicted octanol–water partition coefficient (Wildman–Crippen LogP) is 6.09. The van der Waals surface area contributed by atoms with Gasteiger partial charge in [-0.3, -0.25) is 0 Å². The van der Waals surface area contributed by atoms with E-state index in [4.69, 9.17) is 14.2 Å². The summed E-state index contributed by atoms with van der Waals surface area (Å²) in [5.41, 5.74) is 4.90. The van der Waals surface area contributed by atoms with Gasteiger partial charge in [-0.25, -0.2) is 9.13 Å². The molecule has 0 N–H and O–H groups in total. The molecule has 4 aromatic rings. The topological polar surface area (TPSA) is 41.9 Å². The number of fused-ring (bicyclic) bond motifs is 2. The number of nitrogens with zero attached hydrogens (tertiary/aromatic N) is 4. The molecule has 0 saturated carbocycles. The summed E-state index contributed by atoms with van der Waals surface area (Å²) in [5.74, 6) is 0. The standard InChI is InChI=1S/C36H40N4O3S2/c1-37-31-7-3-5-9-33(31)44-35(37)27-29-11-15-39(16-12-29)19-21-41-23-25-43-26-24-42-22-20-40-17-13-30(14-18-40)28-36-38(2)32-8-4-6-10-34(32)45-36/h3-18,27-28H,19-26H2,1-2H3/q+2. The molecule has 2 aliphatic rings. The number of hydrogen-bond donors (Lipinski definition) is 0. The van der Waals surface area contributed by atoms with E-state index in [9.17, 15) is 0 Å². The molecule has 232 valence electrons. The molecule has 7 nitrogen and oxygen atoms in total. The van der Waals surface area contributed by atoms with Crippen LogP contribution in [-0.4, -0.2) is 53.7 Å². The van der Waals surface area contributed by atoms with E-state index < -0.39 is 0 Å². The first-order valence-corrected chi connectivity index (χ1v) is 16.9. The van der Waals surface area contributed by atoms with Crippen LogP contribution in [0.2, 0.25) is 0 Å². The number of benzene rings is 2. The lowest BCUT2D eigenvalue weighted by Gasteiger charge is -2.13. The number of para-hydroxylation sites is 2. The molecule has 9 heteroatoms. The van der Waals surface area contributed by atoms with Gasteiger partial charge in [0, 0.05) is 48.2 Å². The van der Waals surface area contributed by atoms with Crippen LogP contribution >= 0.6 is 23.5 Å². The third-order valence-electron chi connectivity index (χ3n) is 7.69. The average Bonchev–Trinajstić information content (AvgIpc) is 3.56. The number of ether oxygens (including phenoxy) is 3. The summed E-state index contributed by atoms with van der Waals surface area (Å²) < 4.78 is 21.5. The van der Waals surface area contributed by atoms with Crippen LogP contribution in [0.25, 0.3) is 12.2 Å². The van der Waals surface area contributed by atoms with Crippen molar-refractivity contribution in [2.24, 2.45) is 0 Å². The number of anilines is 2. The van der Waals surface area contributed by atoms with E-state index in [2.05, 4.69) is 143 Å². The zero-order chi connectivity index (χ0) is 30.8. The van der Waals surface area contributed by atoms with Gasteiger partial charge in [-0.1, -0.05) is 47.8 Å². The lowest BCUT2D eigenvalue weighted by Crippen LogP contribution is -2.35. The van der Waals surface area contributed by atoms with E-state index in [0.717, 1.165) is 13.1 Å². The van der Waals surface area contributed by atoms with Crippen LogP contribution in [0.4, 0.5) is 11.4 Å². The van der Waals surface area contributed by atoms with Crippen LogP contribution < -0.4 is 18.9 Å². The zero-order valence-electron chi connectivity index (χ0n) is 25.9. The smallest absolute Gasteiger partial charge is 0.171 e. The molecule has 0 fully saturated rings. The minimum Gasteiger partial charge on any atom is -0.377 e. The highest BCUT2D eigenvalue weighted by Gasteiger charge is 2.22. The Kier molecular flexibility index (Phi) is 10.9. The fraction of sp³-hybridized carbons (Fsp3) is 0.278. The molecule has 0 radical (unpaired) electrons. The second-order valence-corrected chi connectivity index (χ2v) is 12.9. The minimum absolute atomic E-state index is 0.568. The van der Waals surface area contributed by atoms with Gasteiger partial charge in [0.05, 0.1) is 47.9 Å². The Morgan fingerprint density at radius 2 is 0.911 bits per heavy atom. The number of thioether (sulfide) groups is 2. The maximum absolute atomic E-state index is 5.76. The highest BCUT2D eigenvalue weighted by molar-refractivity contribution is 8.04. The lowest BCUT2D eigenvalue weighted by molar-refractivity contribution is -0.698. The molecular formula is C36H40N4O3S2+2. The van der Waals surface area contributed by atoms with E-state index in [1.807, 2.05) is 23.5 Å². The molecule has 2 aliphatic heterocycles. The van der Waals surface area contributed by atoms with Crippen molar-refractivity contribution in [2.75, 3.05) is 63.5 Å². The van der Waals surface area contributed by atoms with Gasteiger partial charge in [-0.15, -0.1) is 0 Å². The minimum atomic E-state index is 0.568. The van der Waals surface area contributed by atoms with Crippen LogP contribution in [-0.2, 0) is 27.3 Å². The number of aromatic nitrogens is 2. The summed E-state index contributed by atoms with van der Waals surface area (Å²) in [7, 11) is 4.24.